The van der Waals surface area contributed by atoms with Gasteiger partial charge in [-0.1, -0.05) is 18.2 Å². The minimum absolute atomic E-state index is 0.159. The van der Waals surface area contributed by atoms with Crippen molar-refractivity contribution in [3.8, 4) is 16.9 Å². The molecule has 0 spiro atoms. The Kier molecular flexibility index (Phi) is 4.05. The number of aromatic nitrogens is 2. The van der Waals surface area contributed by atoms with Crippen molar-refractivity contribution in [2.45, 2.75) is 13.8 Å². The largest absolute Gasteiger partial charge is 0.506 e. The van der Waals surface area contributed by atoms with Crippen LogP contribution in [0, 0.1) is 19.7 Å². The average molecular weight is 365 g/mol. The summed E-state index contributed by atoms with van der Waals surface area (Å²) in [6.45, 7) is 3.93. The second kappa shape index (κ2) is 6.38. The molecule has 0 saturated heterocycles. The fraction of sp³-hybridized carbons (Fsp3) is 0.100. The van der Waals surface area contributed by atoms with Crippen molar-refractivity contribution >= 4 is 33.1 Å². The van der Waals surface area contributed by atoms with Gasteiger partial charge in [0.05, 0.1) is 11.1 Å². The van der Waals surface area contributed by atoms with Gasteiger partial charge in [0.2, 0.25) is 0 Å². The Morgan fingerprint density at radius 1 is 1.04 bits per heavy atom. The number of rotatable bonds is 3. The van der Waals surface area contributed by atoms with E-state index in [9.17, 15) is 9.50 Å². The maximum atomic E-state index is 13.3. The third-order valence-corrected chi connectivity index (χ3v) is 5.22. The number of phenolic OH excluding ortho intramolecular Hbond substituents is 1. The lowest BCUT2D eigenvalue weighted by Crippen LogP contribution is -1.96. The summed E-state index contributed by atoms with van der Waals surface area (Å²) in [5, 5.41) is 14.3. The van der Waals surface area contributed by atoms with Gasteiger partial charge in [-0.2, -0.15) is 0 Å². The first kappa shape index (κ1) is 16.5. The number of phenols is 1. The van der Waals surface area contributed by atoms with E-state index in [4.69, 9.17) is 0 Å². The number of anilines is 2. The van der Waals surface area contributed by atoms with Gasteiger partial charge in [-0.25, -0.2) is 14.4 Å². The van der Waals surface area contributed by atoms with E-state index in [0.29, 0.717) is 11.5 Å². The van der Waals surface area contributed by atoms with Crippen LogP contribution in [0.3, 0.4) is 0 Å². The number of aromatic hydroxyl groups is 1. The van der Waals surface area contributed by atoms with Crippen molar-refractivity contribution in [2.75, 3.05) is 5.32 Å². The molecule has 130 valence electrons. The monoisotopic (exact) mass is 365 g/mol. The van der Waals surface area contributed by atoms with Crippen LogP contribution in [0.4, 0.5) is 15.9 Å². The zero-order chi connectivity index (χ0) is 18.3. The number of benzene rings is 2. The topological polar surface area (TPSA) is 58.0 Å². The Hall–Kier alpha value is -2.99. The number of thiophene rings is 1. The number of nitrogens with one attached hydrogen (secondary N) is 1. The molecular formula is C20H16FN3OS. The molecule has 0 amide bonds. The summed E-state index contributed by atoms with van der Waals surface area (Å²) in [5.41, 5.74) is 3.42. The van der Waals surface area contributed by atoms with Gasteiger partial charge in [0, 0.05) is 10.4 Å². The molecule has 2 aromatic carbocycles. The van der Waals surface area contributed by atoms with E-state index in [0.717, 1.165) is 31.8 Å². The van der Waals surface area contributed by atoms with Crippen LogP contribution in [0.15, 0.2) is 48.8 Å². The first-order valence-electron chi connectivity index (χ1n) is 8.09. The molecule has 4 nitrogen and oxygen atoms in total. The Morgan fingerprint density at radius 3 is 2.54 bits per heavy atom. The highest BCUT2D eigenvalue weighted by Gasteiger charge is 2.17. The molecule has 0 aliphatic heterocycles. The summed E-state index contributed by atoms with van der Waals surface area (Å²) in [5.74, 6) is 0.495. The zero-order valence-corrected chi connectivity index (χ0v) is 15.1. The first-order valence-corrected chi connectivity index (χ1v) is 8.91. The van der Waals surface area contributed by atoms with Crippen molar-refractivity contribution in [1.82, 2.24) is 9.97 Å². The smallest absolute Gasteiger partial charge is 0.143 e. The Labute approximate surface area is 154 Å². The summed E-state index contributed by atoms with van der Waals surface area (Å²) in [6, 6.07) is 11.8. The van der Waals surface area contributed by atoms with Crippen LogP contribution < -0.4 is 5.32 Å². The molecule has 0 bridgehead atoms. The van der Waals surface area contributed by atoms with E-state index < -0.39 is 0 Å². The van der Waals surface area contributed by atoms with Gasteiger partial charge < -0.3 is 10.4 Å². The number of halogens is 1. The third kappa shape index (κ3) is 2.88. The Bertz CT molecular complexity index is 1110. The third-order valence-electron chi connectivity index (χ3n) is 4.20. The lowest BCUT2D eigenvalue weighted by atomic mass is 10.0. The first-order chi connectivity index (χ1) is 12.5. The number of fused-ring (bicyclic) bond motifs is 1. The summed E-state index contributed by atoms with van der Waals surface area (Å²) < 4.78 is 13.3. The fourth-order valence-electron chi connectivity index (χ4n) is 2.98. The van der Waals surface area contributed by atoms with Crippen LogP contribution >= 0.6 is 11.3 Å². The van der Waals surface area contributed by atoms with Crippen molar-refractivity contribution in [3.05, 3.63) is 65.0 Å². The number of nitrogens with zero attached hydrogens (tertiary/aromatic N) is 2. The summed E-state index contributed by atoms with van der Waals surface area (Å²) in [7, 11) is 0. The van der Waals surface area contributed by atoms with E-state index in [1.165, 1.54) is 18.5 Å². The van der Waals surface area contributed by atoms with E-state index in [-0.39, 0.29) is 11.6 Å². The average Bonchev–Trinajstić information content (AvgIpc) is 2.95. The lowest BCUT2D eigenvalue weighted by Gasteiger charge is -2.11. The quantitative estimate of drug-likeness (QED) is 0.467. The summed E-state index contributed by atoms with van der Waals surface area (Å²) in [6.07, 6.45) is 1.50. The van der Waals surface area contributed by atoms with E-state index in [2.05, 4.69) is 15.3 Å². The van der Waals surface area contributed by atoms with Gasteiger partial charge in [-0.3, -0.25) is 0 Å². The molecular weight excluding hydrogens is 349 g/mol. The molecule has 0 fully saturated rings. The van der Waals surface area contributed by atoms with Crippen LogP contribution in [-0.4, -0.2) is 15.1 Å². The second-order valence-electron chi connectivity index (χ2n) is 6.09. The van der Waals surface area contributed by atoms with Crippen molar-refractivity contribution in [3.63, 3.8) is 0 Å². The fourth-order valence-corrected chi connectivity index (χ4v) is 3.99. The molecule has 4 rings (SSSR count). The standard InChI is InChI=1S/C20H16FN3OS/c1-11-3-8-15(16(25)9-11)24-19-18-17(13-4-6-14(21)7-5-13)12(2)26-20(18)23-10-22-19/h3-10,25H,1-2H3,(H,22,23,24). The predicted molar refractivity (Wildman–Crippen MR) is 104 cm³/mol. The van der Waals surface area contributed by atoms with Gasteiger partial charge in [0.25, 0.3) is 0 Å². The molecule has 2 heterocycles. The molecule has 0 radical (unpaired) electrons. The SMILES string of the molecule is Cc1ccc(Nc2ncnc3sc(C)c(-c4ccc(F)cc4)c23)c(O)c1. The summed E-state index contributed by atoms with van der Waals surface area (Å²) in [4.78, 5) is 10.7. The minimum atomic E-state index is -0.273. The van der Waals surface area contributed by atoms with Gasteiger partial charge >= 0.3 is 0 Å². The lowest BCUT2D eigenvalue weighted by molar-refractivity contribution is 0.477. The highest BCUT2D eigenvalue weighted by atomic mass is 32.1. The zero-order valence-electron chi connectivity index (χ0n) is 14.2. The van der Waals surface area contributed by atoms with Crippen LogP contribution in [0.25, 0.3) is 21.3 Å². The minimum Gasteiger partial charge on any atom is -0.506 e. The maximum Gasteiger partial charge on any atom is 0.143 e. The predicted octanol–water partition coefficient (Wildman–Crippen LogP) is 5.56. The molecule has 4 aromatic rings. The molecule has 6 heteroatoms. The Balaban J connectivity index is 1.89. The Morgan fingerprint density at radius 2 is 1.81 bits per heavy atom. The van der Waals surface area contributed by atoms with Crippen LogP contribution in [-0.2, 0) is 0 Å². The highest BCUT2D eigenvalue weighted by molar-refractivity contribution is 7.19. The summed E-state index contributed by atoms with van der Waals surface area (Å²) >= 11 is 1.56. The van der Waals surface area contributed by atoms with Crippen molar-refractivity contribution in [1.29, 1.82) is 0 Å². The molecule has 26 heavy (non-hydrogen) atoms. The number of aryl methyl sites for hydroxylation is 2. The molecule has 0 aliphatic carbocycles. The number of hydrogen-bond acceptors (Lipinski definition) is 5. The number of hydrogen-bond donors (Lipinski definition) is 2. The molecule has 2 aromatic heterocycles. The maximum absolute atomic E-state index is 13.3. The highest BCUT2D eigenvalue weighted by Crippen LogP contribution is 2.41. The van der Waals surface area contributed by atoms with Crippen LogP contribution in [0.5, 0.6) is 5.75 Å². The van der Waals surface area contributed by atoms with E-state index >= 15 is 0 Å². The van der Waals surface area contributed by atoms with Crippen molar-refractivity contribution in [2.24, 2.45) is 0 Å². The molecule has 2 N–H and O–H groups in total. The second-order valence-corrected chi connectivity index (χ2v) is 7.29. The van der Waals surface area contributed by atoms with Crippen LogP contribution in [0.1, 0.15) is 10.4 Å². The molecule has 0 atom stereocenters. The molecule has 0 saturated carbocycles. The van der Waals surface area contributed by atoms with Gasteiger partial charge in [-0.05, 0) is 49.2 Å². The van der Waals surface area contributed by atoms with E-state index in [1.54, 1.807) is 29.5 Å². The van der Waals surface area contributed by atoms with Gasteiger partial charge in [0.1, 0.15) is 28.5 Å². The van der Waals surface area contributed by atoms with Gasteiger partial charge in [0.15, 0.2) is 0 Å². The normalized spacial score (nSPS) is 11.0. The van der Waals surface area contributed by atoms with Crippen LogP contribution in [0.2, 0.25) is 0 Å². The van der Waals surface area contributed by atoms with Crippen molar-refractivity contribution < 1.29 is 9.50 Å². The molecule has 0 unspecified atom stereocenters. The van der Waals surface area contributed by atoms with E-state index in [1.807, 2.05) is 26.0 Å². The molecule has 0 aliphatic rings. The van der Waals surface area contributed by atoms with Gasteiger partial charge in [-0.15, -0.1) is 11.3 Å².